The molecule has 1 saturated heterocycles. The lowest BCUT2D eigenvalue weighted by molar-refractivity contribution is 0.0369. The van der Waals surface area contributed by atoms with Gasteiger partial charge in [-0.1, -0.05) is 48.5 Å². The maximum atomic E-state index is 12.5. The lowest BCUT2D eigenvalue weighted by atomic mass is 9.91. The van der Waals surface area contributed by atoms with Crippen LogP contribution in [0.1, 0.15) is 18.4 Å². The second-order valence-electron chi connectivity index (χ2n) is 7.52. The Labute approximate surface area is 148 Å². The van der Waals surface area contributed by atoms with E-state index < -0.39 is 5.60 Å². The smallest absolute Gasteiger partial charge is 0.321 e. The number of amides is 2. The highest BCUT2D eigenvalue weighted by Crippen LogP contribution is 2.45. The highest BCUT2D eigenvalue weighted by molar-refractivity contribution is 5.89. The lowest BCUT2D eigenvalue weighted by Crippen LogP contribution is -2.36. The van der Waals surface area contributed by atoms with E-state index in [-0.39, 0.29) is 6.03 Å². The van der Waals surface area contributed by atoms with Crippen LogP contribution in [0.15, 0.2) is 60.7 Å². The average molecular weight is 336 g/mol. The molecule has 2 aliphatic rings. The zero-order valence-corrected chi connectivity index (χ0v) is 14.3. The minimum absolute atomic E-state index is 0.0350. The Morgan fingerprint density at radius 1 is 1.00 bits per heavy atom. The summed E-state index contributed by atoms with van der Waals surface area (Å²) >= 11 is 0. The van der Waals surface area contributed by atoms with Crippen molar-refractivity contribution in [3.8, 4) is 0 Å². The average Bonchev–Trinajstić information content (AvgIpc) is 3.11. The maximum absolute atomic E-state index is 12.5. The summed E-state index contributed by atoms with van der Waals surface area (Å²) in [6.45, 7) is 1.47. The van der Waals surface area contributed by atoms with Crippen molar-refractivity contribution in [3.05, 3.63) is 66.2 Å². The van der Waals surface area contributed by atoms with E-state index >= 15 is 0 Å². The van der Waals surface area contributed by atoms with Crippen LogP contribution < -0.4 is 5.32 Å². The summed E-state index contributed by atoms with van der Waals surface area (Å²) in [6, 6.07) is 19.7. The van der Waals surface area contributed by atoms with Crippen molar-refractivity contribution in [3.63, 3.8) is 0 Å². The third-order valence-electron chi connectivity index (χ3n) is 5.55. The SMILES string of the molecule is O=C(Nc1ccccc1)N1C[C@@H]2C[C@@](O)(Cc3ccccc3)C[C@@H]2C1. The van der Waals surface area contributed by atoms with E-state index in [1.165, 1.54) is 5.56 Å². The molecule has 2 aromatic rings. The van der Waals surface area contributed by atoms with Gasteiger partial charge in [0.1, 0.15) is 0 Å². The monoisotopic (exact) mass is 336 g/mol. The van der Waals surface area contributed by atoms with E-state index in [0.29, 0.717) is 18.3 Å². The number of benzene rings is 2. The van der Waals surface area contributed by atoms with Gasteiger partial charge in [0.2, 0.25) is 0 Å². The number of urea groups is 1. The van der Waals surface area contributed by atoms with Crippen LogP contribution in [0.3, 0.4) is 0 Å². The first-order valence-electron chi connectivity index (χ1n) is 8.99. The summed E-state index contributed by atoms with van der Waals surface area (Å²) in [4.78, 5) is 14.3. The van der Waals surface area contributed by atoms with Gasteiger partial charge in [-0.3, -0.25) is 0 Å². The zero-order valence-electron chi connectivity index (χ0n) is 14.3. The highest BCUT2D eigenvalue weighted by Gasteiger charge is 2.49. The first-order valence-corrected chi connectivity index (χ1v) is 8.99. The van der Waals surface area contributed by atoms with E-state index in [9.17, 15) is 9.90 Å². The third kappa shape index (κ3) is 3.54. The van der Waals surface area contributed by atoms with Crippen molar-refractivity contribution in [2.24, 2.45) is 11.8 Å². The molecule has 0 bridgehead atoms. The van der Waals surface area contributed by atoms with Gasteiger partial charge in [0, 0.05) is 25.2 Å². The van der Waals surface area contributed by atoms with Crippen LogP contribution in [0.4, 0.5) is 10.5 Å². The molecule has 4 heteroatoms. The molecule has 3 atom stereocenters. The van der Waals surface area contributed by atoms with Gasteiger partial charge in [0.05, 0.1) is 5.60 Å². The number of carbonyl (C=O) groups is 1. The van der Waals surface area contributed by atoms with Crippen molar-refractivity contribution < 1.29 is 9.90 Å². The number of nitrogens with one attached hydrogen (secondary N) is 1. The van der Waals surface area contributed by atoms with E-state index in [4.69, 9.17) is 0 Å². The largest absolute Gasteiger partial charge is 0.390 e. The number of carbonyl (C=O) groups excluding carboxylic acids is 1. The van der Waals surface area contributed by atoms with E-state index in [1.807, 2.05) is 53.4 Å². The minimum atomic E-state index is -0.626. The molecule has 0 radical (unpaired) electrons. The minimum Gasteiger partial charge on any atom is -0.390 e. The summed E-state index contributed by atoms with van der Waals surface area (Å²) in [6.07, 6.45) is 2.26. The molecule has 4 rings (SSSR count). The van der Waals surface area contributed by atoms with Crippen molar-refractivity contribution in [2.75, 3.05) is 18.4 Å². The van der Waals surface area contributed by atoms with Gasteiger partial charge in [0.15, 0.2) is 0 Å². The second-order valence-corrected chi connectivity index (χ2v) is 7.52. The molecule has 130 valence electrons. The first-order chi connectivity index (χ1) is 12.1. The number of aliphatic hydroxyl groups is 1. The topological polar surface area (TPSA) is 52.6 Å². The van der Waals surface area contributed by atoms with Crippen molar-refractivity contribution in [2.45, 2.75) is 24.9 Å². The molecular formula is C21H24N2O2. The Morgan fingerprint density at radius 2 is 1.56 bits per heavy atom. The predicted molar refractivity (Wildman–Crippen MR) is 98.3 cm³/mol. The number of rotatable bonds is 3. The molecule has 1 saturated carbocycles. The molecule has 2 amide bonds. The molecule has 1 heterocycles. The number of nitrogens with zero attached hydrogens (tertiary/aromatic N) is 1. The van der Waals surface area contributed by atoms with Gasteiger partial charge in [-0.15, -0.1) is 0 Å². The Hall–Kier alpha value is -2.33. The lowest BCUT2D eigenvalue weighted by Gasteiger charge is -2.26. The molecule has 2 aromatic carbocycles. The van der Waals surface area contributed by atoms with Crippen molar-refractivity contribution >= 4 is 11.7 Å². The molecular weight excluding hydrogens is 312 g/mol. The zero-order chi connectivity index (χ0) is 17.3. The fraction of sp³-hybridized carbons (Fsp3) is 0.381. The van der Waals surface area contributed by atoms with Crippen LogP contribution in [0.25, 0.3) is 0 Å². The van der Waals surface area contributed by atoms with Gasteiger partial charge < -0.3 is 15.3 Å². The van der Waals surface area contributed by atoms with Gasteiger partial charge in [-0.25, -0.2) is 4.79 Å². The highest BCUT2D eigenvalue weighted by atomic mass is 16.3. The number of para-hydroxylation sites is 1. The Balaban J connectivity index is 1.35. The molecule has 4 nitrogen and oxygen atoms in total. The van der Waals surface area contributed by atoms with Crippen molar-refractivity contribution in [1.82, 2.24) is 4.90 Å². The predicted octanol–water partition coefficient (Wildman–Crippen LogP) is 3.53. The summed E-state index contributed by atoms with van der Waals surface area (Å²) in [5, 5.41) is 13.9. The molecule has 2 fully saturated rings. The van der Waals surface area contributed by atoms with Crippen molar-refractivity contribution in [1.29, 1.82) is 0 Å². The van der Waals surface area contributed by atoms with Gasteiger partial charge in [0.25, 0.3) is 0 Å². The van der Waals surface area contributed by atoms with Gasteiger partial charge in [-0.2, -0.15) is 0 Å². The Morgan fingerprint density at radius 3 is 2.16 bits per heavy atom. The molecule has 2 N–H and O–H groups in total. The Kier molecular flexibility index (Phi) is 4.22. The van der Waals surface area contributed by atoms with Gasteiger partial charge >= 0.3 is 6.03 Å². The third-order valence-corrected chi connectivity index (χ3v) is 5.55. The number of anilines is 1. The summed E-state index contributed by atoms with van der Waals surface area (Å²) < 4.78 is 0. The normalized spacial score (nSPS) is 28.0. The fourth-order valence-electron chi connectivity index (χ4n) is 4.47. The molecule has 1 aliphatic carbocycles. The van der Waals surface area contributed by atoms with Crippen LogP contribution in [0.2, 0.25) is 0 Å². The molecule has 0 unspecified atom stereocenters. The van der Waals surface area contributed by atoms with Crippen LogP contribution in [0, 0.1) is 11.8 Å². The standard InChI is InChI=1S/C21H24N2O2/c24-20(22-19-9-5-2-6-10-19)23-14-17-12-21(25,13-18(17)15-23)11-16-7-3-1-4-8-16/h1-10,17-18,25H,11-15H2,(H,22,24)/t17-,18+,21-. The summed E-state index contributed by atoms with van der Waals surface area (Å²) in [7, 11) is 0. The fourth-order valence-corrected chi connectivity index (χ4v) is 4.47. The van der Waals surface area contributed by atoms with Crippen LogP contribution in [-0.2, 0) is 6.42 Å². The van der Waals surface area contributed by atoms with E-state index in [1.54, 1.807) is 0 Å². The molecule has 0 spiro atoms. The number of hydrogen-bond acceptors (Lipinski definition) is 2. The quantitative estimate of drug-likeness (QED) is 0.901. The Bertz CT molecular complexity index is 718. The summed E-state index contributed by atoms with van der Waals surface area (Å²) in [5.41, 5.74) is 1.38. The van der Waals surface area contributed by atoms with Gasteiger partial charge in [-0.05, 0) is 42.4 Å². The van der Waals surface area contributed by atoms with Crippen LogP contribution in [0.5, 0.6) is 0 Å². The van der Waals surface area contributed by atoms with Crippen LogP contribution in [-0.4, -0.2) is 34.7 Å². The maximum Gasteiger partial charge on any atom is 0.321 e. The van der Waals surface area contributed by atoms with Crippen LogP contribution >= 0.6 is 0 Å². The molecule has 25 heavy (non-hydrogen) atoms. The summed E-state index contributed by atoms with van der Waals surface area (Å²) in [5.74, 6) is 0.797. The van der Waals surface area contributed by atoms with E-state index in [2.05, 4.69) is 17.4 Å². The van der Waals surface area contributed by atoms with E-state index in [0.717, 1.165) is 31.6 Å². The molecule has 1 aliphatic heterocycles. The number of hydrogen-bond donors (Lipinski definition) is 2. The second kappa shape index (κ2) is 6.52. The number of fused-ring (bicyclic) bond motifs is 1. The number of likely N-dealkylation sites (tertiary alicyclic amines) is 1. The molecule has 0 aromatic heterocycles. The first kappa shape index (κ1) is 16.2.